The molecule has 0 aliphatic carbocycles. The molecule has 1 heterocycles. The molecule has 0 amide bonds. The van der Waals surface area contributed by atoms with E-state index in [-0.39, 0.29) is 11.8 Å². The minimum Gasteiger partial charge on any atom is -0.494 e. The number of halogens is 1. The maximum Gasteiger partial charge on any atom is 0.165 e. The highest BCUT2D eigenvalue weighted by Crippen LogP contribution is 2.38. The van der Waals surface area contributed by atoms with Crippen LogP contribution in [0.1, 0.15) is 31.4 Å². The number of hydrogen-bond acceptors (Lipinski definition) is 5. The van der Waals surface area contributed by atoms with Crippen LogP contribution >= 0.6 is 0 Å². The van der Waals surface area contributed by atoms with E-state index in [1.807, 2.05) is 13.0 Å². The van der Waals surface area contributed by atoms with Gasteiger partial charge >= 0.3 is 0 Å². The summed E-state index contributed by atoms with van der Waals surface area (Å²) in [6.07, 6.45) is 1.42. The minimum absolute atomic E-state index is 0.215. The molecule has 1 aromatic carbocycles. The molecule has 5 nitrogen and oxygen atoms in total. The van der Waals surface area contributed by atoms with Crippen molar-refractivity contribution in [1.29, 1.82) is 0 Å². The van der Waals surface area contributed by atoms with Crippen LogP contribution in [0.3, 0.4) is 0 Å². The fraction of sp³-hybridized carbons (Fsp3) is 0.600. The first-order valence-corrected chi connectivity index (χ1v) is 7.18. The Kier molecular flexibility index (Phi) is 5.52. The van der Waals surface area contributed by atoms with Gasteiger partial charge in [-0.15, -0.1) is 0 Å². The molecule has 1 unspecified atom stereocenters. The number of nitrogens with two attached hydrogens (primary N) is 1. The molecule has 0 bridgehead atoms. The van der Waals surface area contributed by atoms with Gasteiger partial charge in [0, 0.05) is 32.7 Å². The second-order valence-corrected chi connectivity index (χ2v) is 5.10. The summed E-state index contributed by atoms with van der Waals surface area (Å²) in [5.41, 5.74) is 3.05. The van der Waals surface area contributed by atoms with Crippen LogP contribution in [-0.2, 0) is 9.47 Å². The van der Waals surface area contributed by atoms with Crippen LogP contribution < -0.4 is 16.0 Å². The standard InChI is InChI=1S/C15H23FN2O3/c1-3-21-15(6-8-20-9-7-15)14(18-17)11-4-5-13(19-2)12(16)10-11/h4-5,10,14,18H,3,6-9,17H2,1-2H3. The number of hydrogen-bond donors (Lipinski definition) is 2. The van der Waals surface area contributed by atoms with Crippen molar-refractivity contribution in [3.05, 3.63) is 29.6 Å². The van der Waals surface area contributed by atoms with E-state index in [1.54, 1.807) is 6.07 Å². The molecule has 21 heavy (non-hydrogen) atoms. The van der Waals surface area contributed by atoms with Gasteiger partial charge < -0.3 is 14.2 Å². The molecule has 1 fully saturated rings. The zero-order valence-corrected chi connectivity index (χ0v) is 12.5. The van der Waals surface area contributed by atoms with Gasteiger partial charge in [0.05, 0.1) is 18.8 Å². The Balaban J connectivity index is 2.33. The molecule has 118 valence electrons. The van der Waals surface area contributed by atoms with Crippen molar-refractivity contribution in [1.82, 2.24) is 5.43 Å². The van der Waals surface area contributed by atoms with Gasteiger partial charge in [0.1, 0.15) is 0 Å². The van der Waals surface area contributed by atoms with Crippen LogP contribution in [0.2, 0.25) is 0 Å². The summed E-state index contributed by atoms with van der Waals surface area (Å²) >= 11 is 0. The third-order valence-corrected chi connectivity index (χ3v) is 3.97. The van der Waals surface area contributed by atoms with Crippen LogP contribution in [0.15, 0.2) is 18.2 Å². The molecule has 0 radical (unpaired) electrons. The zero-order valence-electron chi connectivity index (χ0n) is 12.5. The Morgan fingerprint density at radius 2 is 2.14 bits per heavy atom. The minimum atomic E-state index is -0.483. The van der Waals surface area contributed by atoms with E-state index in [0.29, 0.717) is 32.7 Å². The SMILES string of the molecule is CCOC1(C(NN)c2ccc(OC)c(F)c2)CCOCC1. The van der Waals surface area contributed by atoms with Crippen molar-refractivity contribution in [2.24, 2.45) is 5.84 Å². The number of hydrazine groups is 1. The van der Waals surface area contributed by atoms with E-state index in [1.165, 1.54) is 13.2 Å². The first kappa shape index (κ1) is 16.2. The molecule has 1 aromatic rings. The van der Waals surface area contributed by atoms with Crippen molar-refractivity contribution < 1.29 is 18.6 Å². The molecule has 1 saturated heterocycles. The summed E-state index contributed by atoms with van der Waals surface area (Å²) in [4.78, 5) is 0. The fourth-order valence-electron chi connectivity index (χ4n) is 2.93. The van der Waals surface area contributed by atoms with Crippen LogP contribution in [0, 0.1) is 5.82 Å². The normalized spacial score (nSPS) is 19.2. The number of nitrogens with one attached hydrogen (secondary N) is 1. The predicted octanol–water partition coefficient (Wildman–Crippen LogP) is 1.92. The molecule has 1 atom stereocenters. The predicted molar refractivity (Wildman–Crippen MR) is 77.4 cm³/mol. The third kappa shape index (κ3) is 3.35. The lowest BCUT2D eigenvalue weighted by atomic mass is 9.82. The largest absolute Gasteiger partial charge is 0.494 e. The molecule has 0 aromatic heterocycles. The topological polar surface area (TPSA) is 65.7 Å². The monoisotopic (exact) mass is 298 g/mol. The van der Waals surface area contributed by atoms with Gasteiger partial charge in [-0.1, -0.05) is 6.07 Å². The average Bonchev–Trinajstić information content (AvgIpc) is 2.49. The Morgan fingerprint density at radius 1 is 1.43 bits per heavy atom. The number of rotatable bonds is 6. The molecule has 0 spiro atoms. The van der Waals surface area contributed by atoms with Gasteiger partial charge in [-0.3, -0.25) is 11.3 Å². The maximum atomic E-state index is 14.0. The van der Waals surface area contributed by atoms with Crippen molar-refractivity contribution in [3.8, 4) is 5.75 Å². The Hall–Kier alpha value is -1.21. The summed E-state index contributed by atoms with van der Waals surface area (Å²) in [5.74, 6) is 5.55. The van der Waals surface area contributed by atoms with E-state index in [0.717, 1.165) is 5.56 Å². The van der Waals surface area contributed by atoms with Gasteiger partial charge in [0.2, 0.25) is 0 Å². The van der Waals surface area contributed by atoms with E-state index in [2.05, 4.69) is 5.43 Å². The Labute approximate surface area is 124 Å². The van der Waals surface area contributed by atoms with Gasteiger partial charge in [0.15, 0.2) is 11.6 Å². The lowest BCUT2D eigenvalue weighted by Crippen LogP contribution is -2.51. The van der Waals surface area contributed by atoms with Crippen molar-refractivity contribution in [3.63, 3.8) is 0 Å². The van der Waals surface area contributed by atoms with Crippen LogP contribution in [0.5, 0.6) is 5.75 Å². The quantitative estimate of drug-likeness (QED) is 0.620. The highest BCUT2D eigenvalue weighted by Gasteiger charge is 2.42. The van der Waals surface area contributed by atoms with Gasteiger partial charge in [-0.2, -0.15) is 0 Å². The molecular weight excluding hydrogens is 275 g/mol. The van der Waals surface area contributed by atoms with Gasteiger partial charge in [-0.25, -0.2) is 4.39 Å². The van der Waals surface area contributed by atoms with E-state index in [4.69, 9.17) is 20.1 Å². The fourth-order valence-corrected chi connectivity index (χ4v) is 2.93. The first-order chi connectivity index (χ1) is 10.2. The van der Waals surface area contributed by atoms with E-state index < -0.39 is 11.4 Å². The average molecular weight is 298 g/mol. The van der Waals surface area contributed by atoms with Crippen molar-refractivity contribution >= 4 is 0 Å². The first-order valence-electron chi connectivity index (χ1n) is 7.18. The van der Waals surface area contributed by atoms with Gasteiger partial charge in [-0.05, 0) is 24.6 Å². The lowest BCUT2D eigenvalue weighted by molar-refractivity contribution is -0.128. The van der Waals surface area contributed by atoms with Crippen LogP contribution in [-0.4, -0.2) is 32.5 Å². The number of ether oxygens (including phenoxy) is 3. The molecule has 1 aliphatic heterocycles. The smallest absolute Gasteiger partial charge is 0.165 e. The Morgan fingerprint density at radius 3 is 2.67 bits per heavy atom. The Bertz CT molecular complexity index is 459. The third-order valence-electron chi connectivity index (χ3n) is 3.97. The van der Waals surface area contributed by atoms with Crippen LogP contribution in [0.25, 0.3) is 0 Å². The molecule has 0 saturated carbocycles. The van der Waals surface area contributed by atoms with Gasteiger partial charge in [0.25, 0.3) is 0 Å². The summed E-state index contributed by atoms with van der Waals surface area (Å²) in [6, 6.07) is 4.55. The van der Waals surface area contributed by atoms with Crippen molar-refractivity contribution in [2.45, 2.75) is 31.4 Å². The number of benzene rings is 1. The summed E-state index contributed by atoms with van der Waals surface area (Å²) in [5, 5.41) is 0. The maximum absolute atomic E-state index is 14.0. The van der Waals surface area contributed by atoms with E-state index in [9.17, 15) is 4.39 Å². The summed E-state index contributed by atoms with van der Waals surface area (Å²) in [6.45, 7) is 3.73. The summed E-state index contributed by atoms with van der Waals surface area (Å²) < 4.78 is 30.3. The second-order valence-electron chi connectivity index (χ2n) is 5.10. The van der Waals surface area contributed by atoms with E-state index >= 15 is 0 Å². The molecule has 2 rings (SSSR count). The van der Waals surface area contributed by atoms with Crippen molar-refractivity contribution in [2.75, 3.05) is 26.9 Å². The molecule has 3 N–H and O–H groups in total. The zero-order chi connectivity index (χ0) is 15.3. The lowest BCUT2D eigenvalue weighted by Gasteiger charge is -2.43. The number of methoxy groups -OCH3 is 1. The summed E-state index contributed by atoms with van der Waals surface area (Å²) in [7, 11) is 1.44. The molecular formula is C15H23FN2O3. The van der Waals surface area contributed by atoms with Crippen LogP contribution in [0.4, 0.5) is 4.39 Å². The molecule has 1 aliphatic rings. The second kappa shape index (κ2) is 7.17. The highest BCUT2D eigenvalue weighted by molar-refractivity contribution is 5.32. The molecule has 6 heteroatoms. The highest BCUT2D eigenvalue weighted by atomic mass is 19.1.